The molecule has 0 aliphatic carbocycles. The van der Waals surface area contributed by atoms with Crippen molar-refractivity contribution in [1.29, 1.82) is 0 Å². The van der Waals surface area contributed by atoms with E-state index in [-0.39, 0.29) is 12.4 Å². The van der Waals surface area contributed by atoms with Crippen molar-refractivity contribution >= 4 is 16.0 Å². The predicted octanol–water partition coefficient (Wildman–Crippen LogP) is 0.254. The summed E-state index contributed by atoms with van der Waals surface area (Å²) in [7, 11) is -3.55. The summed E-state index contributed by atoms with van der Waals surface area (Å²) in [6, 6.07) is 0. The molecule has 0 rings (SSSR count). The van der Waals surface area contributed by atoms with E-state index in [1.54, 1.807) is 13.8 Å². The molecular weight excluding hydrogens is 206 g/mol. The van der Waals surface area contributed by atoms with Crippen molar-refractivity contribution in [3.63, 3.8) is 0 Å². The zero-order valence-electron chi connectivity index (χ0n) is 8.74. The van der Waals surface area contributed by atoms with Crippen molar-refractivity contribution in [1.82, 2.24) is 0 Å². The van der Waals surface area contributed by atoms with Crippen molar-refractivity contribution in [2.45, 2.75) is 27.2 Å². The highest BCUT2D eigenvalue weighted by Crippen LogP contribution is 2.21. The van der Waals surface area contributed by atoms with Gasteiger partial charge in [-0.05, 0) is 20.3 Å². The zero-order valence-corrected chi connectivity index (χ0v) is 9.56. The van der Waals surface area contributed by atoms with Gasteiger partial charge in [-0.3, -0.25) is 4.79 Å². The molecule has 84 valence electrons. The molecule has 0 aromatic rings. The highest BCUT2D eigenvalue weighted by molar-refractivity contribution is 7.89. The molecule has 5 nitrogen and oxygen atoms in total. The van der Waals surface area contributed by atoms with Gasteiger partial charge in [0, 0.05) is 0 Å². The van der Waals surface area contributed by atoms with E-state index in [0.29, 0.717) is 6.42 Å². The molecule has 0 saturated heterocycles. The van der Waals surface area contributed by atoms with Crippen molar-refractivity contribution in [2.75, 3.05) is 12.4 Å². The molecule has 0 aromatic carbocycles. The number of primary sulfonamides is 1. The molecule has 2 N–H and O–H groups in total. The van der Waals surface area contributed by atoms with Crippen LogP contribution in [-0.2, 0) is 19.6 Å². The number of hydrogen-bond donors (Lipinski definition) is 1. The van der Waals surface area contributed by atoms with Gasteiger partial charge in [0.25, 0.3) is 0 Å². The van der Waals surface area contributed by atoms with Crippen LogP contribution in [0.4, 0.5) is 0 Å². The van der Waals surface area contributed by atoms with Crippen LogP contribution in [0.3, 0.4) is 0 Å². The summed E-state index contributed by atoms with van der Waals surface area (Å²) in [6.07, 6.45) is 0.640. The molecule has 0 heterocycles. The number of carbonyl (C=O) groups is 1. The molecule has 0 fully saturated rings. The van der Waals surface area contributed by atoms with E-state index in [4.69, 9.17) is 9.88 Å². The number of hydrogen-bond acceptors (Lipinski definition) is 4. The summed E-state index contributed by atoms with van der Waals surface area (Å²) >= 11 is 0. The zero-order chi connectivity index (χ0) is 11.4. The molecule has 0 unspecified atom stereocenters. The number of nitrogens with two attached hydrogens (primary N) is 1. The summed E-state index contributed by atoms with van der Waals surface area (Å²) in [4.78, 5) is 11.3. The van der Waals surface area contributed by atoms with Gasteiger partial charge in [-0.25, -0.2) is 13.6 Å². The topological polar surface area (TPSA) is 86.5 Å². The van der Waals surface area contributed by atoms with Crippen molar-refractivity contribution in [3.8, 4) is 0 Å². The fraction of sp³-hybridized carbons (Fsp3) is 0.875. The Morgan fingerprint density at radius 3 is 2.29 bits per heavy atom. The summed E-state index contributed by atoms with van der Waals surface area (Å²) in [6.45, 7) is 5.17. The normalized spacial score (nSPS) is 12.6. The van der Waals surface area contributed by atoms with Crippen LogP contribution in [0.25, 0.3) is 0 Å². The van der Waals surface area contributed by atoms with E-state index < -0.39 is 21.4 Å². The van der Waals surface area contributed by atoms with Gasteiger partial charge in [0.1, 0.15) is 6.61 Å². The Kier molecular flexibility index (Phi) is 4.54. The third-order valence-electron chi connectivity index (χ3n) is 2.04. The predicted molar refractivity (Wildman–Crippen MR) is 53.0 cm³/mol. The Morgan fingerprint density at radius 1 is 1.43 bits per heavy atom. The highest BCUT2D eigenvalue weighted by atomic mass is 32.2. The Morgan fingerprint density at radius 2 is 1.93 bits per heavy atom. The average molecular weight is 223 g/mol. The minimum atomic E-state index is -3.55. The smallest absolute Gasteiger partial charge is 0.311 e. The lowest BCUT2D eigenvalue weighted by Gasteiger charge is -2.19. The van der Waals surface area contributed by atoms with E-state index in [2.05, 4.69) is 0 Å². The van der Waals surface area contributed by atoms with Gasteiger partial charge in [-0.2, -0.15) is 0 Å². The first kappa shape index (κ1) is 13.4. The number of carbonyl (C=O) groups excluding carboxylic acids is 1. The molecule has 0 aliphatic heterocycles. The van der Waals surface area contributed by atoms with Crippen LogP contribution in [0.5, 0.6) is 0 Å². The minimum Gasteiger partial charge on any atom is -0.464 e. The van der Waals surface area contributed by atoms with Crippen LogP contribution in [0, 0.1) is 5.41 Å². The third-order valence-corrected chi connectivity index (χ3v) is 2.77. The summed E-state index contributed by atoms with van der Waals surface area (Å²) < 4.78 is 25.8. The summed E-state index contributed by atoms with van der Waals surface area (Å²) in [5, 5.41) is 4.74. The lowest BCUT2D eigenvalue weighted by molar-refractivity contribution is -0.153. The van der Waals surface area contributed by atoms with Gasteiger partial charge in [0.15, 0.2) is 0 Å². The average Bonchev–Trinajstić information content (AvgIpc) is 2.02. The van der Waals surface area contributed by atoms with Crippen LogP contribution in [0.2, 0.25) is 0 Å². The largest absolute Gasteiger partial charge is 0.464 e. The van der Waals surface area contributed by atoms with Crippen LogP contribution in [0.15, 0.2) is 0 Å². The molecule has 0 bridgehead atoms. The molecule has 0 spiro atoms. The van der Waals surface area contributed by atoms with Crippen molar-refractivity contribution in [2.24, 2.45) is 10.6 Å². The number of rotatable bonds is 5. The van der Waals surface area contributed by atoms with Gasteiger partial charge in [-0.1, -0.05) is 6.92 Å². The second kappa shape index (κ2) is 4.75. The standard InChI is InChI=1S/C8H17NO4S/c1-4-8(2,3)7(10)13-5-6-14(9,11)12/h4-6H2,1-3H3,(H2,9,11,12). The highest BCUT2D eigenvalue weighted by Gasteiger charge is 2.27. The molecule has 0 aliphatic rings. The Hall–Kier alpha value is -0.620. The van der Waals surface area contributed by atoms with Crippen LogP contribution in [-0.4, -0.2) is 26.7 Å². The number of sulfonamides is 1. The first-order valence-corrected chi connectivity index (χ1v) is 6.08. The van der Waals surface area contributed by atoms with Crippen molar-refractivity contribution < 1.29 is 17.9 Å². The van der Waals surface area contributed by atoms with Crippen LogP contribution in [0.1, 0.15) is 27.2 Å². The van der Waals surface area contributed by atoms with Gasteiger partial charge in [-0.15, -0.1) is 0 Å². The maximum Gasteiger partial charge on any atom is 0.311 e. The van der Waals surface area contributed by atoms with E-state index in [9.17, 15) is 13.2 Å². The van der Waals surface area contributed by atoms with E-state index in [0.717, 1.165) is 0 Å². The van der Waals surface area contributed by atoms with Gasteiger partial charge >= 0.3 is 5.97 Å². The maximum atomic E-state index is 11.3. The second-order valence-corrected chi connectivity index (χ2v) is 5.47. The summed E-state index contributed by atoms with van der Waals surface area (Å²) in [5.41, 5.74) is -0.571. The maximum absolute atomic E-state index is 11.3. The molecule has 6 heteroatoms. The fourth-order valence-electron chi connectivity index (χ4n) is 0.590. The lowest BCUT2D eigenvalue weighted by Crippen LogP contribution is -2.29. The minimum absolute atomic E-state index is 0.179. The number of ether oxygens (including phenoxy) is 1. The van der Waals surface area contributed by atoms with Crippen molar-refractivity contribution in [3.05, 3.63) is 0 Å². The summed E-state index contributed by atoms with van der Waals surface area (Å²) in [5.74, 6) is -0.734. The third kappa shape index (κ3) is 5.18. The number of esters is 1. The quantitative estimate of drug-likeness (QED) is 0.677. The Labute approximate surface area is 84.7 Å². The van der Waals surface area contributed by atoms with Gasteiger partial charge in [0.05, 0.1) is 11.2 Å². The Bertz CT molecular complexity index is 294. The lowest BCUT2D eigenvalue weighted by atomic mass is 9.91. The van der Waals surface area contributed by atoms with Crippen LogP contribution < -0.4 is 5.14 Å². The van der Waals surface area contributed by atoms with Gasteiger partial charge < -0.3 is 4.74 Å². The van der Waals surface area contributed by atoms with Gasteiger partial charge in [0.2, 0.25) is 10.0 Å². The first-order valence-electron chi connectivity index (χ1n) is 4.37. The molecular formula is C8H17NO4S. The van der Waals surface area contributed by atoms with E-state index >= 15 is 0 Å². The molecule has 0 saturated carbocycles. The van der Waals surface area contributed by atoms with E-state index in [1.807, 2.05) is 6.92 Å². The molecule has 14 heavy (non-hydrogen) atoms. The monoisotopic (exact) mass is 223 g/mol. The van der Waals surface area contributed by atoms with E-state index in [1.165, 1.54) is 0 Å². The fourth-order valence-corrected chi connectivity index (χ4v) is 0.906. The molecule has 0 aromatic heterocycles. The molecule has 0 amide bonds. The Balaban J connectivity index is 3.99. The SMILES string of the molecule is CCC(C)(C)C(=O)OCCS(N)(=O)=O. The van der Waals surface area contributed by atoms with Crippen LogP contribution >= 0.6 is 0 Å². The molecule has 0 radical (unpaired) electrons. The first-order chi connectivity index (χ1) is 6.19. The second-order valence-electron chi connectivity index (χ2n) is 3.74. The molecule has 0 atom stereocenters.